The van der Waals surface area contributed by atoms with E-state index in [4.69, 9.17) is 15.6 Å². The van der Waals surface area contributed by atoms with Gasteiger partial charge in [-0.2, -0.15) is 0 Å². The average molecular weight is 316 g/mol. The molecule has 0 saturated carbocycles. The van der Waals surface area contributed by atoms with Crippen molar-refractivity contribution in [2.45, 2.75) is 32.2 Å². The molecule has 0 aliphatic heterocycles. The zero-order chi connectivity index (χ0) is 15.9. The monoisotopic (exact) mass is 316 g/mol. The smallest absolute Gasteiger partial charge is 0.215 e. The number of benzene rings is 1. The number of sulfonamides is 1. The third-order valence-corrected chi connectivity index (χ3v) is 4.83. The minimum atomic E-state index is -3.47. The van der Waals surface area contributed by atoms with E-state index >= 15 is 0 Å². The number of nitrogen functional groups attached to an aromatic ring is 1. The summed E-state index contributed by atoms with van der Waals surface area (Å²) in [5.41, 5.74) is 5.55. The number of anilines is 1. The molecule has 7 heteroatoms. The topological polar surface area (TPSA) is 102 Å². The molecule has 0 spiro atoms. The van der Waals surface area contributed by atoms with Crippen LogP contribution in [-0.4, -0.2) is 38.0 Å². The predicted octanol–water partition coefficient (Wildman–Crippen LogP) is 1.12. The number of nitrogens with one attached hydrogen (secondary N) is 1. The Hall–Kier alpha value is -1.31. The van der Waals surface area contributed by atoms with E-state index in [0.717, 1.165) is 0 Å². The standard InChI is InChI=1S/C14H24N2O4S/c1-3-14(2,7-8-17)16-21(18,19)10-9-20-13-6-4-5-12(15)11-13/h4-6,11,16-17H,3,7-10,15H2,1-2H3. The Morgan fingerprint density at radius 2 is 2.14 bits per heavy atom. The Bertz CT molecular complexity index is 548. The van der Waals surface area contributed by atoms with E-state index < -0.39 is 15.6 Å². The number of ether oxygens (including phenoxy) is 1. The summed E-state index contributed by atoms with van der Waals surface area (Å²) in [5.74, 6) is 0.391. The highest BCUT2D eigenvalue weighted by molar-refractivity contribution is 7.89. The van der Waals surface area contributed by atoms with Crippen LogP contribution in [0.1, 0.15) is 26.7 Å². The number of aliphatic hydroxyl groups is 1. The molecule has 1 aromatic carbocycles. The van der Waals surface area contributed by atoms with Gasteiger partial charge in [-0.3, -0.25) is 0 Å². The molecule has 4 N–H and O–H groups in total. The number of hydrogen-bond acceptors (Lipinski definition) is 5. The Morgan fingerprint density at radius 3 is 2.71 bits per heavy atom. The van der Waals surface area contributed by atoms with E-state index in [1.165, 1.54) is 0 Å². The van der Waals surface area contributed by atoms with Gasteiger partial charge in [0.2, 0.25) is 10.0 Å². The first kappa shape index (κ1) is 17.7. The molecule has 1 rings (SSSR count). The Balaban J connectivity index is 2.53. The molecule has 1 aromatic rings. The molecular formula is C14H24N2O4S. The second-order valence-corrected chi connectivity index (χ2v) is 7.07. The van der Waals surface area contributed by atoms with Crippen LogP contribution in [0, 0.1) is 0 Å². The molecule has 1 unspecified atom stereocenters. The zero-order valence-electron chi connectivity index (χ0n) is 12.5. The molecule has 1 atom stereocenters. The van der Waals surface area contributed by atoms with Crippen LogP contribution in [0.5, 0.6) is 5.75 Å². The summed E-state index contributed by atoms with van der Waals surface area (Å²) in [5, 5.41) is 9.01. The summed E-state index contributed by atoms with van der Waals surface area (Å²) in [6, 6.07) is 6.83. The maximum atomic E-state index is 12.0. The predicted molar refractivity (Wildman–Crippen MR) is 83.7 cm³/mol. The summed E-state index contributed by atoms with van der Waals surface area (Å²) in [7, 11) is -3.47. The maximum absolute atomic E-state index is 12.0. The SMILES string of the molecule is CCC(C)(CCO)NS(=O)(=O)CCOc1cccc(N)c1. The van der Waals surface area contributed by atoms with Crippen molar-refractivity contribution in [1.82, 2.24) is 4.72 Å². The largest absolute Gasteiger partial charge is 0.492 e. The highest BCUT2D eigenvalue weighted by Crippen LogP contribution is 2.16. The van der Waals surface area contributed by atoms with Crippen LogP contribution in [0.3, 0.4) is 0 Å². The van der Waals surface area contributed by atoms with E-state index in [1.54, 1.807) is 31.2 Å². The summed E-state index contributed by atoms with van der Waals surface area (Å²) in [6.45, 7) is 3.63. The fraction of sp³-hybridized carbons (Fsp3) is 0.571. The lowest BCUT2D eigenvalue weighted by atomic mass is 9.97. The van der Waals surface area contributed by atoms with Gasteiger partial charge in [0.05, 0.1) is 5.75 Å². The van der Waals surface area contributed by atoms with Crippen LogP contribution < -0.4 is 15.2 Å². The van der Waals surface area contributed by atoms with E-state index in [2.05, 4.69) is 4.72 Å². The van der Waals surface area contributed by atoms with Crippen LogP contribution in [0.15, 0.2) is 24.3 Å². The Kier molecular flexibility index (Phi) is 6.44. The normalized spacial score (nSPS) is 14.6. The molecular weight excluding hydrogens is 292 g/mol. The minimum absolute atomic E-state index is 0.0394. The van der Waals surface area contributed by atoms with Crippen LogP contribution >= 0.6 is 0 Å². The first-order chi connectivity index (χ1) is 9.80. The molecule has 0 aromatic heterocycles. The molecule has 0 heterocycles. The van der Waals surface area contributed by atoms with Crippen LogP contribution in [0.25, 0.3) is 0 Å². The number of nitrogens with two attached hydrogens (primary N) is 1. The molecule has 0 aliphatic rings. The van der Waals surface area contributed by atoms with E-state index in [-0.39, 0.29) is 19.0 Å². The first-order valence-corrected chi connectivity index (χ1v) is 8.56. The summed E-state index contributed by atoms with van der Waals surface area (Å²) >= 11 is 0. The Labute approximate surface area is 126 Å². The van der Waals surface area contributed by atoms with E-state index in [0.29, 0.717) is 24.3 Å². The Morgan fingerprint density at radius 1 is 1.43 bits per heavy atom. The average Bonchev–Trinajstić information content (AvgIpc) is 2.38. The second-order valence-electron chi connectivity index (χ2n) is 5.23. The van der Waals surface area contributed by atoms with Crippen molar-refractivity contribution >= 4 is 15.7 Å². The fourth-order valence-corrected chi connectivity index (χ4v) is 3.25. The highest BCUT2D eigenvalue weighted by Gasteiger charge is 2.27. The molecule has 120 valence electrons. The van der Waals surface area contributed by atoms with Crippen LogP contribution in [0.2, 0.25) is 0 Å². The van der Waals surface area contributed by atoms with E-state index in [9.17, 15) is 8.42 Å². The third kappa shape index (κ3) is 6.33. The van der Waals surface area contributed by atoms with Gasteiger partial charge >= 0.3 is 0 Å². The lowest BCUT2D eigenvalue weighted by molar-refractivity contribution is 0.233. The van der Waals surface area contributed by atoms with Crippen LogP contribution in [0.4, 0.5) is 5.69 Å². The molecule has 6 nitrogen and oxygen atoms in total. The number of rotatable bonds is 9. The van der Waals surface area contributed by atoms with Crippen LogP contribution in [-0.2, 0) is 10.0 Å². The van der Waals surface area contributed by atoms with Gasteiger partial charge in [-0.05, 0) is 31.9 Å². The van der Waals surface area contributed by atoms with Gasteiger partial charge in [0, 0.05) is 23.9 Å². The van der Waals surface area contributed by atoms with Gasteiger partial charge in [-0.1, -0.05) is 13.0 Å². The third-order valence-electron chi connectivity index (χ3n) is 3.32. The summed E-state index contributed by atoms with van der Waals surface area (Å²) in [4.78, 5) is 0. The van der Waals surface area contributed by atoms with Gasteiger partial charge < -0.3 is 15.6 Å². The van der Waals surface area contributed by atoms with Crippen molar-refractivity contribution in [3.05, 3.63) is 24.3 Å². The van der Waals surface area contributed by atoms with Crippen molar-refractivity contribution in [2.24, 2.45) is 0 Å². The summed E-state index contributed by atoms with van der Waals surface area (Å²) in [6.07, 6.45) is 0.974. The number of aliphatic hydroxyl groups excluding tert-OH is 1. The van der Waals surface area contributed by atoms with Gasteiger partial charge in [0.15, 0.2) is 0 Å². The molecule has 0 saturated heterocycles. The molecule has 21 heavy (non-hydrogen) atoms. The van der Waals surface area contributed by atoms with Crippen molar-refractivity contribution < 1.29 is 18.3 Å². The molecule has 0 fully saturated rings. The highest BCUT2D eigenvalue weighted by atomic mass is 32.2. The fourth-order valence-electron chi connectivity index (χ4n) is 1.85. The van der Waals surface area contributed by atoms with Crippen molar-refractivity contribution in [1.29, 1.82) is 0 Å². The molecule has 0 bridgehead atoms. The first-order valence-electron chi connectivity index (χ1n) is 6.91. The van der Waals surface area contributed by atoms with Gasteiger partial charge in [0.25, 0.3) is 0 Å². The van der Waals surface area contributed by atoms with Crippen molar-refractivity contribution in [2.75, 3.05) is 24.7 Å². The lowest BCUT2D eigenvalue weighted by Gasteiger charge is -2.28. The van der Waals surface area contributed by atoms with Crippen molar-refractivity contribution in [3.63, 3.8) is 0 Å². The van der Waals surface area contributed by atoms with Crippen molar-refractivity contribution in [3.8, 4) is 5.75 Å². The lowest BCUT2D eigenvalue weighted by Crippen LogP contribution is -2.47. The number of hydrogen-bond donors (Lipinski definition) is 3. The molecule has 0 amide bonds. The maximum Gasteiger partial charge on any atom is 0.215 e. The quantitative estimate of drug-likeness (QED) is 0.593. The zero-order valence-corrected chi connectivity index (χ0v) is 13.3. The molecule has 0 radical (unpaired) electrons. The molecule has 0 aliphatic carbocycles. The second kappa shape index (κ2) is 7.63. The van der Waals surface area contributed by atoms with Gasteiger partial charge in [0.1, 0.15) is 12.4 Å². The van der Waals surface area contributed by atoms with Gasteiger partial charge in [-0.25, -0.2) is 13.1 Å². The van der Waals surface area contributed by atoms with E-state index in [1.807, 2.05) is 6.92 Å². The van der Waals surface area contributed by atoms with Gasteiger partial charge in [-0.15, -0.1) is 0 Å². The minimum Gasteiger partial charge on any atom is -0.492 e. The summed E-state index contributed by atoms with van der Waals surface area (Å²) < 4.78 is 32.1.